The minimum Gasteiger partial charge on any atom is -0.278 e. The van der Waals surface area contributed by atoms with Gasteiger partial charge in [-0.25, -0.2) is 8.42 Å². The summed E-state index contributed by atoms with van der Waals surface area (Å²) in [5.41, 5.74) is -1.16. The van der Waals surface area contributed by atoms with Crippen molar-refractivity contribution in [3.05, 3.63) is 48.0 Å². The molecule has 1 N–H and O–H groups in total. The van der Waals surface area contributed by atoms with E-state index in [2.05, 4.69) is 4.72 Å². The van der Waals surface area contributed by atoms with Gasteiger partial charge in [0, 0.05) is 28.2 Å². The Morgan fingerprint density at radius 1 is 0.962 bits per heavy atom. The van der Waals surface area contributed by atoms with E-state index in [1.54, 1.807) is 0 Å². The summed E-state index contributed by atoms with van der Waals surface area (Å²) in [5, 5.41) is 0. The fraction of sp³-hybridized carbons (Fsp3) is 0.200. The van der Waals surface area contributed by atoms with Crippen molar-refractivity contribution in [3.63, 3.8) is 0 Å². The van der Waals surface area contributed by atoms with Gasteiger partial charge < -0.3 is 0 Å². The lowest BCUT2D eigenvalue weighted by Gasteiger charge is -2.13. The van der Waals surface area contributed by atoms with Crippen LogP contribution in [0.15, 0.2) is 57.2 Å². The molecule has 2 aromatic rings. The van der Waals surface area contributed by atoms with E-state index in [1.165, 1.54) is 30.7 Å². The molecule has 142 valence electrons. The van der Waals surface area contributed by atoms with Crippen LogP contribution in [0.2, 0.25) is 0 Å². The Hall–Kier alpha value is -1.72. The summed E-state index contributed by atoms with van der Waals surface area (Å²) in [6.07, 6.45) is -1.97. The van der Waals surface area contributed by atoms with Gasteiger partial charge in [-0.3, -0.25) is 13.1 Å². The molecule has 0 amide bonds. The Morgan fingerprint density at radius 2 is 1.62 bits per heavy atom. The topological polar surface area (TPSA) is 80.3 Å². The van der Waals surface area contributed by atoms with E-state index in [1.807, 2.05) is 0 Å². The Morgan fingerprint density at radius 3 is 2.15 bits per heavy atom. The first kappa shape index (κ1) is 20.6. The van der Waals surface area contributed by atoms with Gasteiger partial charge in [-0.05, 0) is 36.4 Å². The maximum atomic E-state index is 12.8. The molecule has 2 rings (SSSR count). The van der Waals surface area contributed by atoms with E-state index in [0.29, 0.717) is 11.0 Å². The third kappa shape index (κ3) is 4.71. The Bertz CT molecular complexity index is 988. The smallest absolute Gasteiger partial charge is 0.278 e. The lowest BCUT2D eigenvalue weighted by molar-refractivity contribution is -0.137. The van der Waals surface area contributed by atoms with E-state index >= 15 is 0 Å². The predicted octanol–water partition coefficient (Wildman–Crippen LogP) is 2.98. The zero-order valence-corrected chi connectivity index (χ0v) is 16.0. The molecule has 0 spiro atoms. The van der Waals surface area contributed by atoms with Gasteiger partial charge in [-0.1, -0.05) is 6.07 Å². The van der Waals surface area contributed by atoms with E-state index in [9.17, 15) is 30.0 Å². The molecule has 5 nitrogen and oxygen atoms in total. The largest absolute Gasteiger partial charge is 0.416 e. The highest BCUT2D eigenvalue weighted by Gasteiger charge is 2.31. The minimum absolute atomic E-state index is 0.0579. The second-order valence-electron chi connectivity index (χ2n) is 5.20. The Labute approximate surface area is 153 Å². The average Bonchev–Trinajstić information content (AvgIpc) is 2.53. The molecule has 0 heterocycles. The van der Waals surface area contributed by atoms with Crippen LogP contribution < -0.4 is 4.72 Å². The molecule has 2 aromatic carbocycles. The van der Waals surface area contributed by atoms with Crippen molar-refractivity contribution in [2.45, 2.75) is 20.9 Å². The molecule has 0 fully saturated rings. The van der Waals surface area contributed by atoms with Crippen molar-refractivity contribution in [2.75, 3.05) is 17.2 Å². The maximum absolute atomic E-state index is 12.8. The summed E-state index contributed by atoms with van der Waals surface area (Å²) in [6, 6.07) is 7.28. The van der Waals surface area contributed by atoms with Gasteiger partial charge in [-0.2, -0.15) is 13.2 Å². The first-order chi connectivity index (χ1) is 11.9. The van der Waals surface area contributed by atoms with Gasteiger partial charge >= 0.3 is 6.18 Å². The van der Waals surface area contributed by atoms with Crippen molar-refractivity contribution in [1.82, 2.24) is 0 Å². The van der Waals surface area contributed by atoms with Crippen LogP contribution in [0.1, 0.15) is 5.56 Å². The fourth-order valence-corrected chi connectivity index (χ4v) is 4.58. The molecule has 0 aliphatic rings. The third-order valence-corrected chi connectivity index (χ3v) is 6.55. The van der Waals surface area contributed by atoms with Crippen molar-refractivity contribution in [3.8, 4) is 0 Å². The van der Waals surface area contributed by atoms with Crippen molar-refractivity contribution in [1.29, 1.82) is 0 Å². The molecule has 0 aliphatic carbocycles. The molecule has 0 saturated carbocycles. The lowest BCUT2D eigenvalue weighted by atomic mass is 10.2. The van der Waals surface area contributed by atoms with Crippen LogP contribution in [0, 0.1) is 0 Å². The number of sulfonamides is 1. The van der Waals surface area contributed by atoms with Gasteiger partial charge in [-0.15, -0.1) is 0 Å². The maximum Gasteiger partial charge on any atom is 0.416 e. The Balaban J connectivity index is 2.47. The first-order valence-electron chi connectivity index (χ1n) is 6.93. The molecule has 0 saturated heterocycles. The highest BCUT2D eigenvalue weighted by Crippen LogP contribution is 2.31. The number of halogens is 3. The fourth-order valence-electron chi connectivity index (χ4n) is 2.05. The molecule has 26 heavy (non-hydrogen) atoms. The van der Waals surface area contributed by atoms with Crippen molar-refractivity contribution < 1.29 is 30.0 Å². The molecule has 2 unspecified atom stereocenters. The molecule has 0 bridgehead atoms. The van der Waals surface area contributed by atoms with E-state index < -0.39 is 48.3 Å². The summed E-state index contributed by atoms with van der Waals surface area (Å²) in [7, 11) is -7.34. The summed E-state index contributed by atoms with van der Waals surface area (Å²) in [5.74, 6) is 0. The van der Waals surface area contributed by atoms with Crippen molar-refractivity contribution in [2.24, 2.45) is 0 Å². The second-order valence-corrected chi connectivity index (χ2v) is 9.61. The van der Waals surface area contributed by atoms with Gasteiger partial charge in [0.15, 0.2) is 0 Å². The monoisotopic (exact) mass is 425 g/mol. The number of benzene rings is 2. The standard InChI is InChI=1S/C15H14F3NO4S3/c1-24(20)11-6-7-13(14(9-11)25(2)21)19-26(22,23)12-5-3-4-10(8-12)15(16,17)18/h3-9,19H,1-2H3. The Kier molecular flexibility index (Phi) is 5.93. The molecule has 0 aliphatic heterocycles. The SMILES string of the molecule is CS(=O)c1ccc(NS(=O)(=O)c2cccc(C(F)(F)F)c2)c(S(C)=O)c1. The number of hydrogen-bond acceptors (Lipinski definition) is 4. The molecular weight excluding hydrogens is 411 g/mol. The van der Waals surface area contributed by atoms with Crippen LogP contribution in [0.3, 0.4) is 0 Å². The zero-order valence-electron chi connectivity index (χ0n) is 13.5. The quantitative estimate of drug-likeness (QED) is 0.799. The van der Waals surface area contributed by atoms with Crippen LogP contribution in [-0.2, 0) is 37.8 Å². The minimum atomic E-state index is -4.69. The zero-order chi connectivity index (χ0) is 19.7. The molecule has 2 atom stereocenters. The molecule has 11 heteroatoms. The number of anilines is 1. The van der Waals surface area contributed by atoms with Gasteiger partial charge in [0.2, 0.25) is 0 Å². The van der Waals surface area contributed by atoms with Gasteiger partial charge in [0.25, 0.3) is 10.0 Å². The van der Waals surface area contributed by atoms with E-state index in [4.69, 9.17) is 0 Å². The molecular formula is C15H14F3NO4S3. The summed E-state index contributed by atoms with van der Waals surface area (Å²) >= 11 is 0. The molecule has 0 radical (unpaired) electrons. The second kappa shape index (κ2) is 7.49. The third-order valence-electron chi connectivity index (χ3n) is 3.31. The normalized spacial score (nSPS) is 14.7. The lowest BCUT2D eigenvalue weighted by Crippen LogP contribution is -2.16. The first-order valence-corrected chi connectivity index (χ1v) is 11.5. The van der Waals surface area contributed by atoms with Gasteiger partial charge in [0.05, 0.1) is 31.8 Å². The van der Waals surface area contributed by atoms with Crippen LogP contribution in [-0.4, -0.2) is 29.3 Å². The van der Waals surface area contributed by atoms with E-state index in [0.717, 1.165) is 18.2 Å². The highest BCUT2D eigenvalue weighted by molar-refractivity contribution is 7.92. The highest BCUT2D eigenvalue weighted by atomic mass is 32.2. The van der Waals surface area contributed by atoms with Crippen LogP contribution in [0.25, 0.3) is 0 Å². The summed E-state index contributed by atoms with van der Waals surface area (Å²) in [6.45, 7) is 0. The number of alkyl halides is 3. The summed E-state index contributed by atoms with van der Waals surface area (Å²) in [4.78, 5) is -0.159. The van der Waals surface area contributed by atoms with Crippen molar-refractivity contribution >= 4 is 37.3 Å². The average molecular weight is 425 g/mol. The van der Waals surface area contributed by atoms with Crippen LogP contribution in [0.5, 0.6) is 0 Å². The molecule has 0 aromatic heterocycles. The van der Waals surface area contributed by atoms with Crippen LogP contribution >= 0.6 is 0 Å². The van der Waals surface area contributed by atoms with Crippen LogP contribution in [0.4, 0.5) is 18.9 Å². The van der Waals surface area contributed by atoms with E-state index in [-0.39, 0.29) is 10.6 Å². The number of hydrogen-bond donors (Lipinski definition) is 1. The van der Waals surface area contributed by atoms with Gasteiger partial charge in [0.1, 0.15) is 0 Å². The predicted molar refractivity (Wildman–Crippen MR) is 93.4 cm³/mol. The summed E-state index contributed by atoms with van der Waals surface area (Å²) < 4.78 is 88.8. The number of rotatable bonds is 5. The number of nitrogens with one attached hydrogen (secondary N) is 1.